The fraction of sp³-hybridized carbons (Fsp3) is 0.600. The Morgan fingerprint density at radius 2 is 1.70 bits per heavy atom. The highest BCUT2D eigenvalue weighted by atomic mass is 35.5. The van der Waals surface area contributed by atoms with Gasteiger partial charge < -0.3 is 5.32 Å². The molecule has 2 nitrogen and oxygen atoms in total. The van der Waals surface area contributed by atoms with Crippen LogP contribution in [0.1, 0.15) is 30.0 Å². The predicted molar refractivity (Wildman–Crippen MR) is 85.8 cm³/mol. The van der Waals surface area contributed by atoms with Crippen LogP contribution in [0.2, 0.25) is 0 Å². The van der Waals surface area contributed by atoms with Crippen molar-refractivity contribution in [2.75, 3.05) is 26.2 Å². The molecule has 3 rings (SSSR count). The number of alkyl halides is 3. The molecule has 0 amide bonds. The van der Waals surface area contributed by atoms with Crippen LogP contribution in [0.15, 0.2) is 18.2 Å². The SMILES string of the molecule is Cl.Cl.Fc1ccc([C@@H](C2CC2)N2CCNCC2)cc1C(F)(F)F. The Hall–Kier alpha value is -0.560. The molecule has 0 aromatic heterocycles. The Labute approximate surface area is 145 Å². The van der Waals surface area contributed by atoms with Gasteiger partial charge in [-0.3, -0.25) is 4.90 Å². The zero-order valence-electron chi connectivity index (χ0n) is 12.4. The zero-order chi connectivity index (χ0) is 15.0. The number of piperazine rings is 1. The van der Waals surface area contributed by atoms with Gasteiger partial charge in [-0.2, -0.15) is 13.2 Å². The quantitative estimate of drug-likeness (QED) is 0.803. The molecule has 1 atom stereocenters. The minimum atomic E-state index is -4.64. The molecule has 0 bridgehead atoms. The lowest BCUT2D eigenvalue weighted by Gasteiger charge is -2.35. The molecule has 1 aliphatic heterocycles. The summed E-state index contributed by atoms with van der Waals surface area (Å²) >= 11 is 0. The average Bonchev–Trinajstić information content (AvgIpc) is 3.25. The van der Waals surface area contributed by atoms with E-state index in [-0.39, 0.29) is 30.9 Å². The van der Waals surface area contributed by atoms with E-state index >= 15 is 0 Å². The Morgan fingerprint density at radius 3 is 2.22 bits per heavy atom. The average molecular weight is 375 g/mol. The van der Waals surface area contributed by atoms with Gasteiger partial charge >= 0.3 is 6.18 Å². The third-order valence-electron chi connectivity index (χ3n) is 4.25. The fourth-order valence-corrected chi connectivity index (χ4v) is 3.10. The number of nitrogens with zero attached hydrogens (tertiary/aromatic N) is 1. The van der Waals surface area contributed by atoms with Crippen molar-refractivity contribution in [1.29, 1.82) is 0 Å². The van der Waals surface area contributed by atoms with Crippen LogP contribution in [0.4, 0.5) is 17.6 Å². The molecule has 1 N–H and O–H groups in total. The number of halogens is 6. The summed E-state index contributed by atoms with van der Waals surface area (Å²) in [5.74, 6) is -0.796. The topological polar surface area (TPSA) is 15.3 Å². The van der Waals surface area contributed by atoms with Crippen molar-refractivity contribution in [1.82, 2.24) is 10.2 Å². The highest BCUT2D eigenvalue weighted by molar-refractivity contribution is 5.85. The van der Waals surface area contributed by atoms with Gasteiger partial charge in [-0.05, 0) is 36.5 Å². The van der Waals surface area contributed by atoms with E-state index in [1.165, 1.54) is 6.07 Å². The normalized spacial score (nSPS) is 20.3. The molecule has 2 fully saturated rings. The lowest BCUT2D eigenvalue weighted by molar-refractivity contribution is -0.140. The van der Waals surface area contributed by atoms with Crippen LogP contribution < -0.4 is 5.32 Å². The van der Waals surface area contributed by atoms with Gasteiger partial charge in [0.15, 0.2) is 0 Å². The third-order valence-corrected chi connectivity index (χ3v) is 4.25. The van der Waals surface area contributed by atoms with E-state index in [0.717, 1.165) is 51.2 Å². The van der Waals surface area contributed by atoms with E-state index in [1.807, 2.05) is 0 Å². The molecule has 1 aromatic carbocycles. The first-order valence-electron chi connectivity index (χ1n) is 7.28. The second kappa shape index (κ2) is 8.01. The molecule has 8 heteroatoms. The van der Waals surface area contributed by atoms with E-state index in [0.29, 0.717) is 11.5 Å². The minimum absolute atomic E-state index is 0. The fourth-order valence-electron chi connectivity index (χ4n) is 3.10. The molecular formula is C15H20Cl2F4N2. The van der Waals surface area contributed by atoms with E-state index < -0.39 is 17.6 Å². The van der Waals surface area contributed by atoms with Gasteiger partial charge in [0.05, 0.1) is 5.56 Å². The summed E-state index contributed by atoms with van der Waals surface area (Å²) in [5.41, 5.74) is -0.561. The van der Waals surface area contributed by atoms with Gasteiger partial charge in [-0.25, -0.2) is 4.39 Å². The molecule has 0 radical (unpaired) electrons. The Bertz CT molecular complexity index is 515. The zero-order valence-corrected chi connectivity index (χ0v) is 14.0. The minimum Gasteiger partial charge on any atom is -0.314 e. The Kier molecular flexibility index (Phi) is 7.13. The van der Waals surface area contributed by atoms with E-state index in [4.69, 9.17) is 0 Å². The van der Waals surface area contributed by atoms with Crippen LogP contribution in [-0.2, 0) is 6.18 Å². The first-order valence-corrected chi connectivity index (χ1v) is 7.28. The van der Waals surface area contributed by atoms with Gasteiger partial charge in [0.1, 0.15) is 5.82 Å². The van der Waals surface area contributed by atoms with Crippen molar-refractivity contribution in [2.45, 2.75) is 25.1 Å². The van der Waals surface area contributed by atoms with Crippen molar-refractivity contribution in [3.05, 3.63) is 35.1 Å². The van der Waals surface area contributed by atoms with Gasteiger partial charge in [0.2, 0.25) is 0 Å². The molecular weight excluding hydrogens is 355 g/mol. The highest BCUT2D eigenvalue weighted by Crippen LogP contribution is 2.45. The number of nitrogens with one attached hydrogen (secondary N) is 1. The largest absolute Gasteiger partial charge is 0.419 e. The molecule has 1 aromatic rings. The number of hydrogen-bond acceptors (Lipinski definition) is 2. The van der Waals surface area contributed by atoms with Crippen molar-refractivity contribution in [3.8, 4) is 0 Å². The maximum absolute atomic E-state index is 13.4. The molecule has 1 heterocycles. The molecule has 1 aliphatic carbocycles. The number of hydrogen-bond donors (Lipinski definition) is 1. The van der Waals surface area contributed by atoms with E-state index in [9.17, 15) is 17.6 Å². The Morgan fingerprint density at radius 1 is 1.09 bits per heavy atom. The van der Waals surface area contributed by atoms with E-state index in [1.54, 1.807) is 0 Å². The summed E-state index contributed by atoms with van der Waals surface area (Å²) in [7, 11) is 0. The first-order chi connectivity index (χ1) is 9.97. The van der Waals surface area contributed by atoms with Crippen LogP contribution in [0.25, 0.3) is 0 Å². The smallest absolute Gasteiger partial charge is 0.314 e. The van der Waals surface area contributed by atoms with Crippen LogP contribution in [0.3, 0.4) is 0 Å². The molecule has 0 unspecified atom stereocenters. The standard InChI is InChI=1S/C15H18F4N2.2ClH/c16-13-4-3-11(9-12(13)15(17,18)19)14(10-1-2-10)21-7-5-20-6-8-21;;/h3-4,9-10,14,20H,1-2,5-8H2;2*1H/t14-;;/m1../s1. The van der Waals surface area contributed by atoms with Crippen molar-refractivity contribution in [2.24, 2.45) is 5.92 Å². The molecule has 132 valence electrons. The first kappa shape index (κ1) is 20.5. The van der Waals surface area contributed by atoms with Crippen molar-refractivity contribution >= 4 is 24.8 Å². The summed E-state index contributed by atoms with van der Waals surface area (Å²) in [6, 6.07) is 3.44. The Balaban J connectivity index is 0.00000132. The lowest BCUT2D eigenvalue weighted by Crippen LogP contribution is -2.45. The van der Waals surface area contributed by atoms with Gasteiger partial charge in [0.25, 0.3) is 0 Å². The van der Waals surface area contributed by atoms with E-state index in [2.05, 4.69) is 10.2 Å². The predicted octanol–water partition coefficient (Wildman–Crippen LogP) is 4.04. The third kappa shape index (κ3) is 4.72. The summed E-state index contributed by atoms with van der Waals surface area (Å²) in [5, 5.41) is 3.24. The van der Waals surface area contributed by atoms with Gasteiger partial charge in [0, 0.05) is 32.2 Å². The highest BCUT2D eigenvalue weighted by Gasteiger charge is 2.39. The van der Waals surface area contributed by atoms with Gasteiger partial charge in [-0.1, -0.05) is 6.07 Å². The summed E-state index contributed by atoms with van der Waals surface area (Å²) in [6.45, 7) is 3.33. The molecule has 1 saturated heterocycles. The van der Waals surface area contributed by atoms with Crippen LogP contribution >= 0.6 is 24.8 Å². The van der Waals surface area contributed by atoms with Crippen molar-refractivity contribution in [3.63, 3.8) is 0 Å². The lowest BCUT2D eigenvalue weighted by atomic mass is 9.97. The summed E-state index contributed by atoms with van der Waals surface area (Å²) < 4.78 is 52.1. The summed E-state index contributed by atoms with van der Waals surface area (Å²) in [6.07, 6.45) is -2.57. The van der Waals surface area contributed by atoms with Crippen LogP contribution in [-0.4, -0.2) is 31.1 Å². The van der Waals surface area contributed by atoms with Gasteiger partial charge in [-0.15, -0.1) is 24.8 Å². The second-order valence-electron chi connectivity index (χ2n) is 5.81. The monoisotopic (exact) mass is 374 g/mol. The summed E-state index contributed by atoms with van der Waals surface area (Å²) in [4.78, 5) is 2.22. The maximum Gasteiger partial charge on any atom is 0.419 e. The molecule has 0 spiro atoms. The van der Waals surface area contributed by atoms with Crippen LogP contribution in [0, 0.1) is 11.7 Å². The molecule has 1 saturated carbocycles. The number of rotatable bonds is 3. The number of benzene rings is 1. The van der Waals surface area contributed by atoms with Crippen LogP contribution in [0.5, 0.6) is 0 Å². The molecule has 23 heavy (non-hydrogen) atoms. The maximum atomic E-state index is 13.4. The van der Waals surface area contributed by atoms with Crippen molar-refractivity contribution < 1.29 is 17.6 Å². The molecule has 2 aliphatic rings. The second-order valence-corrected chi connectivity index (χ2v) is 5.81.